The van der Waals surface area contributed by atoms with Crippen LogP contribution in [-0.4, -0.2) is 64.1 Å². The number of halogens is 3. The molecule has 0 spiro atoms. The van der Waals surface area contributed by atoms with Gasteiger partial charge in [-0.3, -0.25) is 24.6 Å². The van der Waals surface area contributed by atoms with Crippen LogP contribution in [0, 0.1) is 23.7 Å². The fourth-order valence-electron chi connectivity index (χ4n) is 9.23. The minimum Gasteiger partial charge on any atom is -0.507 e. The van der Waals surface area contributed by atoms with Crippen molar-refractivity contribution in [1.29, 1.82) is 0 Å². The molecule has 4 aromatic carbocycles. The Morgan fingerprint density at radius 3 is 2.28 bits per heavy atom. The topological polar surface area (TPSA) is 183 Å². The Kier molecular flexibility index (Phi) is 9.49. The van der Waals surface area contributed by atoms with Crippen molar-refractivity contribution in [2.24, 2.45) is 23.7 Å². The Morgan fingerprint density at radius 1 is 0.895 bits per heavy atom. The molecule has 6 atom stereocenters. The van der Waals surface area contributed by atoms with Gasteiger partial charge in [-0.1, -0.05) is 47.0 Å². The average Bonchev–Trinajstić information content (AvgIpc) is 3.57. The molecule has 0 radical (unpaired) electrons. The van der Waals surface area contributed by atoms with Gasteiger partial charge in [-0.15, -0.1) is 0 Å². The van der Waals surface area contributed by atoms with Crippen LogP contribution in [0.1, 0.15) is 40.2 Å². The molecule has 16 heteroatoms. The van der Waals surface area contributed by atoms with Gasteiger partial charge in [0.15, 0.2) is 11.5 Å². The molecule has 4 amide bonds. The van der Waals surface area contributed by atoms with Gasteiger partial charge in [0.1, 0.15) is 17.1 Å². The number of fused-ring (bicyclic) bond motifs is 4. The number of anilines is 2. The lowest BCUT2D eigenvalue weighted by Gasteiger charge is -2.50. The van der Waals surface area contributed by atoms with Crippen LogP contribution < -0.4 is 19.8 Å². The average molecular weight is 878 g/mol. The molecule has 292 valence electrons. The van der Waals surface area contributed by atoms with Crippen molar-refractivity contribution in [1.82, 2.24) is 5.01 Å². The van der Waals surface area contributed by atoms with Crippen LogP contribution in [0.3, 0.4) is 0 Å². The van der Waals surface area contributed by atoms with Gasteiger partial charge >= 0.3 is 5.97 Å². The van der Waals surface area contributed by atoms with Crippen molar-refractivity contribution >= 4 is 80.1 Å². The number of aromatic carboxylic acids is 1. The molecule has 6 unspecified atom stereocenters. The van der Waals surface area contributed by atoms with Crippen LogP contribution in [0.2, 0.25) is 10.0 Å². The van der Waals surface area contributed by atoms with Crippen molar-refractivity contribution < 1.29 is 48.8 Å². The smallest absolute Gasteiger partial charge is 0.339 e. The molecule has 8 rings (SSSR count). The van der Waals surface area contributed by atoms with Gasteiger partial charge < -0.3 is 24.8 Å². The van der Waals surface area contributed by atoms with Crippen LogP contribution in [0.25, 0.3) is 0 Å². The van der Waals surface area contributed by atoms with Crippen LogP contribution >= 0.6 is 39.1 Å². The van der Waals surface area contributed by atoms with Crippen molar-refractivity contribution in [3.8, 4) is 23.0 Å². The number of allylic oxidation sites excluding steroid dienone is 2. The SMILES string of the molecule is COc1ccc(C23C(=O)N(Nc4ccc(Cl)cc4Cl)C(=O)C2CC2C(=CCC4C(=O)N(c5ccc(C(=O)O)c(O)c5)C(=O)C42)C3c2cc(Br)c(O)c(OC)c2)cc1. The van der Waals surface area contributed by atoms with E-state index in [1.165, 1.54) is 32.4 Å². The van der Waals surface area contributed by atoms with Crippen molar-refractivity contribution in [3.05, 3.63) is 116 Å². The molecule has 2 heterocycles. The van der Waals surface area contributed by atoms with E-state index in [1.807, 2.05) is 6.08 Å². The third-order valence-electron chi connectivity index (χ3n) is 11.7. The molecular formula is C41H32BrCl2N3O10. The van der Waals surface area contributed by atoms with Gasteiger partial charge in [-0.05, 0) is 100 Å². The molecule has 4 N–H and O–H groups in total. The van der Waals surface area contributed by atoms with Crippen LogP contribution in [-0.2, 0) is 24.6 Å². The Bertz CT molecular complexity index is 2460. The third kappa shape index (κ3) is 5.75. The molecule has 2 saturated heterocycles. The second-order valence-corrected chi connectivity index (χ2v) is 16.0. The van der Waals surface area contributed by atoms with Crippen molar-refractivity contribution in [2.75, 3.05) is 24.5 Å². The highest BCUT2D eigenvalue weighted by atomic mass is 79.9. The first kappa shape index (κ1) is 38.3. The second-order valence-electron chi connectivity index (χ2n) is 14.3. The number of phenolic OH excluding ortho intramolecular Hbond substituents is 1. The Hall–Kier alpha value is -5.57. The van der Waals surface area contributed by atoms with Gasteiger partial charge in [0.25, 0.3) is 11.8 Å². The van der Waals surface area contributed by atoms with E-state index in [1.54, 1.807) is 42.5 Å². The van der Waals surface area contributed by atoms with Crippen LogP contribution in [0.15, 0.2) is 88.9 Å². The van der Waals surface area contributed by atoms with E-state index >= 15 is 4.79 Å². The molecule has 2 aliphatic heterocycles. The van der Waals surface area contributed by atoms with E-state index in [2.05, 4.69) is 21.4 Å². The number of phenols is 2. The summed E-state index contributed by atoms with van der Waals surface area (Å²) < 4.78 is 11.3. The number of nitrogens with zero attached hydrogens (tertiary/aromatic N) is 2. The number of hydrogen-bond donors (Lipinski definition) is 4. The second kappa shape index (κ2) is 14.1. The monoisotopic (exact) mass is 875 g/mol. The molecule has 3 fully saturated rings. The van der Waals surface area contributed by atoms with Crippen LogP contribution in [0.5, 0.6) is 23.0 Å². The maximum Gasteiger partial charge on any atom is 0.339 e. The van der Waals surface area contributed by atoms with E-state index < -0.39 is 75.9 Å². The highest BCUT2D eigenvalue weighted by Gasteiger charge is 2.70. The number of carbonyl (C=O) groups is 5. The summed E-state index contributed by atoms with van der Waals surface area (Å²) in [5, 5.41) is 32.3. The van der Waals surface area contributed by atoms with Gasteiger partial charge in [0.05, 0.1) is 58.3 Å². The highest BCUT2D eigenvalue weighted by Crippen LogP contribution is 2.65. The zero-order valence-electron chi connectivity index (χ0n) is 30.0. The Labute approximate surface area is 343 Å². The van der Waals surface area contributed by atoms with E-state index in [0.29, 0.717) is 27.5 Å². The Morgan fingerprint density at radius 2 is 1.63 bits per heavy atom. The first-order valence-electron chi connectivity index (χ1n) is 17.7. The van der Waals surface area contributed by atoms with E-state index in [0.717, 1.165) is 22.0 Å². The number of nitrogens with one attached hydrogen (secondary N) is 1. The predicted octanol–water partition coefficient (Wildman–Crippen LogP) is 7.07. The fraction of sp³-hybridized carbons (Fsp3) is 0.244. The maximum atomic E-state index is 15.5. The number of benzene rings is 4. The van der Waals surface area contributed by atoms with Gasteiger partial charge in [-0.25, -0.2) is 9.69 Å². The highest BCUT2D eigenvalue weighted by molar-refractivity contribution is 9.10. The molecule has 0 aromatic heterocycles. The van der Waals surface area contributed by atoms with Crippen molar-refractivity contribution in [2.45, 2.75) is 24.2 Å². The molecule has 57 heavy (non-hydrogen) atoms. The lowest BCUT2D eigenvalue weighted by atomic mass is 9.49. The lowest BCUT2D eigenvalue weighted by molar-refractivity contribution is -0.138. The largest absolute Gasteiger partial charge is 0.507 e. The minimum absolute atomic E-state index is 0.00192. The molecule has 4 aliphatic rings. The van der Waals surface area contributed by atoms with E-state index in [4.69, 9.17) is 32.7 Å². The molecule has 1 saturated carbocycles. The summed E-state index contributed by atoms with van der Waals surface area (Å²) in [4.78, 5) is 71.8. The maximum absolute atomic E-state index is 15.5. The summed E-state index contributed by atoms with van der Waals surface area (Å²) >= 11 is 16.1. The number of ether oxygens (including phenoxy) is 2. The Balaban J connectivity index is 1.33. The summed E-state index contributed by atoms with van der Waals surface area (Å²) in [6.07, 6.45) is 1.92. The van der Waals surface area contributed by atoms with E-state index in [-0.39, 0.29) is 45.2 Å². The third-order valence-corrected chi connectivity index (χ3v) is 12.8. The number of carboxylic acid groups (broad SMARTS) is 1. The van der Waals surface area contributed by atoms with Gasteiger partial charge in [-0.2, -0.15) is 5.01 Å². The lowest BCUT2D eigenvalue weighted by Crippen LogP contribution is -2.53. The first-order valence-corrected chi connectivity index (χ1v) is 19.2. The molecular weight excluding hydrogens is 845 g/mol. The number of rotatable bonds is 8. The van der Waals surface area contributed by atoms with Gasteiger partial charge in [0.2, 0.25) is 11.8 Å². The standard InChI is InChI=1S/C41H32BrCl2N3O10/c1-56-22-7-3-19(4-8-22)41-27(37(51)47(40(41)55)45-30-12-5-20(43)15-29(30)44)17-26-23(34(41)18-13-28(42)35(49)32(14-18)57-2)10-11-25-33(26)38(52)46(36(25)50)21-6-9-24(39(53)54)31(48)16-21/h3-10,12-16,25-27,33-34,45,48-49H,11,17H2,1-2H3,(H,53,54). The zero-order valence-corrected chi connectivity index (χ0v) is 33.1. The summed E-state index contributed by atoms with van der Waals surface area (Å²) in [5.74, 6) is -8.69. The number of hydrazine groups is 1. The molecule has 4 aromatic rings. The predicted molar refractivity (Wildman–Crippen MR) is 211 cm³/mol. The summed E-state index contributed by atoms with van der Waals surface area (Å²) in [6, 6.07) is 18.1. The molecule has 13 nitrogen and oxygen atoms in total. The zero-order chi connectivity index (χ0) is 40.7. The normalized spacial score (nSPS) is 25.1. The first-order chi connectivity index (χ1) is 27.2. The fourth-order valence-corrected chi connectivity index (χ4v) is 10.1. The summed E-state index contributed by atoms with van der Waals surface area (Å²) in [5.41, 5.74) is 2.68. The summed E-state index contributed by atoms with van der Waals surface area (Å²) in [7, 11) is 2.88. The quantitative estimate of drug-likeness (QED) is 0.105. The molecule has 0 bridgehead atoms. The number of carboxylic acids is 1. The minimum atomic E-state index is -1.67. The number of carbonyl (C=O) groups excluding carboxylic acids is 4. The summed E-state index contributed by atoms with van der Waals surface area (Å²) in [6.45, 7) is 0. The molecule has 2 aliphatic carbocycles. The number of hydrogen-bond acceptors (Lipinski definition) is 10. The number of imide groups is 2. The van der Waals surface area contributed by atoms with Gasteiger partial charge in [0, 0.05) is 17.0 Å². The number of methoxy groups -OCH3 is 2. The number of amides is 4. The number of aromatic hydroxyl groups is 2. The van der Waals surface area contributed by atoms with Crippen LogP contribution in [0.4, 0.5) is 11.4 Å². The van der Waals surface area contributed by atoms with Crippen molar-refractivity contribution in [3.63, 3.8) is 0 Å². The van der Waals surface area contributed by atoms with E-state index in [9.17, 15) is 34.5 Å².